The maximum Gasteiger partial charge on any atom is 0.154 e. The highest BCUT2D eigenvalue weighted by molar-refractivity contribution is 7.90. The van der Waals surface area contributed by atoms with E-state index in [9.17, 15) is 9.35 Å². The molecule has 1 fully saturated rings. The van der Waals surface area contributed by atoms with Crippen LogP contribution in [0.4, 0.5) is 0 Å². The molecule has 82 valence electrons. The maximum atomic E-state index is 11.7. The topological polar surface area (TPSA) is 52.2 Å². The van der Waals surface area contributed by atoms with Gasteiger partial charge < -0.3 is 4.55 Å². The van der Waals surface area contributed by atoms with Crippen LogP contribution in [0.3, 0.4) is 0 Å². The lowest BCUT2D eigenvalue weighted by Gasteiger charge is -2.28. The Morgan fingerprint density at radius 2 is 2.07 bits per heavy atom. The van der Waals surface area contributed by atoms with Crippen LogP contribution in [0, 0.1) is 0 Å². The highest BCUT2D eigenvalue weighted by Crippen LogP contribution is 2.19. The van der Waals surface area contributed by atoms with Crippen LogP contribution in [0.5, 0.6) is 0 Å². The van der Waals surface area contributed by atoms with Crippen LogP contribution in [0.25, 0.3) is 0 Å². The van der Waals surface area contributed by atoms with Gasteiger partial charge in [0.1, 0.15) is 10.8 Å². The molecule has 0 heterocycles. The summed E-state index contributed by atoms with van der Waals surface area (Å²) in [5, 5.41) is 0. The second-order valence-corrected chi connectivity index (χ2v) is 6.76. The summed E-state index contributed by atoms with van der Waals surface area (Å²) in [6.45, 7) is 5.72. The molecular formula is C10H19NO2S. The van der Waals surface area contributed by atoms with Gasteiger partial charge in [0.05, 0.1) is 0 Å². The lowest BCUT2D eigenvalue weighted by atomic mass is 9.95. The average molecular weight is 217 g/mol. The summed E-state index contributed by atoms with van der Waals surface area (Å²) in [5.74, 6) is 0.217. The Labute approximate surface area is 89.0 Å². The standard InChI is InChI=1S/C10H19NO2S/c1-10(2,3)14(13)11-8-6-4-5-7-9(8)12/h8,11H,4-7H2,1-3H3. The van der Waals surface area contributed by atoms with Crippen LogP contribution in [-0.2, 0) is 16.2 Å². The van der Waals surface area contributed by atoms with E-state index in [0.717, 1.165) is 19.3 Å². The molecule has 0 bridgehead atoms. The number of hydrogen-bond donors (Lipinski definition) is 1. The second kappa shape index (κ2) is 4.64. The molecule has 1 aliphatic rings. The summed E-state index contributed by atoms with van der Waals surface area (Å²) in [4.78, 5) is 11.5. The van der Waals surface area contributed by atoms with Crippen LogP contribution < -0.4 is 4.72 Å². The van der Waals surface area contributed by atoms with Gasteiger partial charge in [-0.15, -0.1) is 4.72 Å². The van der Waals surface area contributed by atoms with E-state index in [1.165, 1.54) is 0 Å². The SMILES string of the molecule is CC(C)(C)[S+]([O-])NC1CCCCC1=O. The van der Waals surface area contributed by atoms with Crippen molar-refractivity contribution in [1.82, 2.24) is 4.72 Å². The lowest BCUT2D eigenvalue weighted by Crippen LogP contribution is -2.48. The zero-order chi connectivity index (χ0) is 10.8. The van der Waals surface area contributed by atoms with Crippen LogP contribution >= 0.6 is 0 Å². The van der Waals surface area contributed by atoms with E-state index in [1.54, 1.807) is 0 Å². The molecular weight excluding hydrogens is 198 g/mol. The fourth-order valence-electron chi connectivity index (χ4n) is 1.41. The fraction of sp³-hybridized carbons (Fsp3) is 0.900. The van der Waals surface area contributed by atoms with Crippen molar-refractivity contribution in [3.05, 3.63) is 0 Å². The monoisotopic (exact) mass is 217 g/mol. The zero-order valence-corrected chi connectivity index (χ0v) is 9.95. The molecule has 4 heteroatoms. The number of carbonyl (C=O) groups excluding carboxylic acids is 1. The second-order valence-electron chi connectivity index (χ2n) is 4.76. The van der Waals surface area contributed by atoms with Crippen molar-refractivity contribution in [2.24, 2.45) is 0 Å². The molecule has 0 amide bonds. The molecule has 0 spiro atoms. The van der Waals surface area contributed by atoms with E-state index in [0.29, 0.717) is 6.42 Å². The molecule has 0 aromatic heterocycles. The van der Waals surface area contributed by atoms with Gasteiger partial charge in [-0.2, -0.15) is 0 Å². The fourth-order valence-corrected chi connectivity index (χ4v) is 2.27. The van der Waals surface area contributed by atoms with Gasteiger partial charge in [0.15, 0.2) is 5.78 Å². The first-order valence-corrected chi connectivity index (χ1v) is 6.27. The van der Waals surface area contributed by atoms with Crippen molar-refractivity contribution in [3.8, 4) is 0 Å². The molecule has 0 aliphatic heterocycles. The summed E-state index contributed by atoms with van der Waals surface area (Å²) in [6, 6.07) is -0.177. The van der Waals surface area contributed by atoms with E-state index in [4.69, 9.17) is 0 Å². The van der Waals surface area contributed by atoms with E-state index in [-0.39, 0.29) is 16.6 Å². The first-order chi connectivity index (χ1) is 6.41. The molecule has 0 saturated heterocycles. The molecule has 14 heavy (non-hydrogen) atoms. The molecule has 1 N–H and O–H groups in total. The Balaban J connectivity index is 2.46. The van der Waals surface area contributed by atoms with Gasteiger partial charge >= 0.3 is 0 Å². The van der Waals surface area contributed by atoms with Gasteiger partial charge in [-0.3, -0.25) is 4.79 Å². The minimum atomic E-state index is -1.13. The highest BCUT2D eigenvalue weighted by Gasteiger charge is 2.32. The van der Waals surface area contributed by atoms with Crippen LogP contribution in [0.2, 0.25) is 0 Å². The lowest BCUT2D eigenvalue weighted by molar-refractivity contribution is -0.122. The van der Waals surface area contributed by atoms with Crippen molar-refractivity contribution in [3.63, 3.8) is 0 Å². The molecule has 2 atom stereocenters. The Bertz CT molecular complexity index is 213. The van der Waals surface area contributed by atoms with Crippen LogP contribution in [0.1, 0.15) is 46.5 Å². The molecule has 0 aromatic rings. The number of carbonyl (C=O) groups is 1. The Hall–Kier alpha value is -0.0600. The third kappa shape index (κ3) is 3.26. The number of Topliss-reactive ketones (excluding diaryl/α,β-unsaturated/α-hetero) is 1. The molecule has 0 radical (unpaired) electrons. The smallest absolute Gasteiger partial charge is 0.154 e. The predicted octanol–water partition coefficient (Wildman–Crippen LogP) is 1.55. The third-order valence-corrected chi connectivity index (χ3v) is 3.97. The quantitative estimate of drug-likeness (QED) is 0.714. The van der Waals surface area contributed by atoms with E-state index in [2.05, 4.69) is 4.72 Å². The Morgan fingerprint density at radius 1 is 1.43 bits per heavy atom. The number of ketones is 1. The van der Waals surface area contributed by atoms with Crippen LogP contribution in [0.15, 0.2) is 0 Å². The minimum absolute atomic E-state index is 0.177. The highest BCUT2D eigenvalue weighted by atomic mass is 32.2. The molecule has 1 saturated carbocycles. The van der Waals surface area contributed by atoms with Gasteiger partial charge in [0, 0.05) is 17.8 Å². The van der Waals surface area contributed by atoms with Crippen molar-refractivity contribution in [2.45, 2.75) is 57.2 Å². The number of hydrogen-bond acceptors (Lipinski definition) is 3. The maximum absolute atomic E-state index is 11.7. The number of nitrogens with one attached hydrogen (secondary N) is 1. The molecule has 0 aromatic carbocycles. The Morgan fingerprint density at radius 3 is 2.57 bits per heavy atom. The summed E-state index contributed by atoms with van der Waals surface area (Å²) in [6.07, 6.45) is 3.52. The summed E-state index contributed by atoms with van der Waals surface area (Å²) in [5.41, 5.74) is 0. The molecule has 3 nitrogen and oxygen atoms in total. The summed E-state index contributed by atoms with van der Waals surface area (Å²) >= 11 is -1.13. The normalized spacial score (nSPS) is 26.3. The van der Waals surface area contributed by atoms with Gasteiger partial charge in [-0.25, -0.2) is 0 Å². The minimum Gasteiger partial charge on any atom is -0.598 e. The summed E-state index contributed by atoms with van der Waals surface area (Å²) in [7, 11) is 0. The van der Waals surface area contributed by atoms with E-state index in [1.807, 2.05) is 20.8 Å². The van der Waals surface area contributed by atoms with Gasteiger partial charge in [0.2, 0.25) is 0 Å². The average Bonchev–Trinajstić information content (AvgIpc) is 2.07. The zero-order valence-electron chi connectivity index (χ0n) is 9.13. The predicted molar refractivity (Wildman–Crippen MR) is 58.3 cm³/mol. The van der Waals surface area contributed by atoms with Gasteiger partial charge in [-0.1, -0.05) is 6.42 Å². The molecule has 1 rings (SSSR count). The van der Waals surface area contributed by atoms with Crippen molar-refractivity contribution >= 4 is 17.1 Å². The van der Waals surface area contributed by atoms with Gasteiger partial charge in [-0.05, 0) is 33.6 Å². The third-order valence-electron chi connectivity index (χ3n) is 2.36. The van der Waals surface area contributed by atoms with Crippen LogP contribution in [-0.4, -0.2) is 21.1 Å². The first kappa shape index (κ1) is 12.0. The van der Waals surface area contributed by atoms with Crippen molar-refractivity contribution in [1.29, 1.82) is 0 Å². The Kier molecular flexibility index (Phi) is 3.98. The first-order valence-electron chi connectivity index (χ1n) is 5.12. The molecule has 2 unspecified atom stereocenters. The van der Waals surface area contributed by atoms with Crippen molar-refractivity contribution in [2.75, 3.05) is 0 Å². The van der Waals surface area contributed by atoms with E-state index >= 15 is 0 Å². The summed E-state index contributed by atoms with van der Waals surface area (Å²) < 4.78 is 14.4. The largest absolute Gasteiger partial charge is 0.598 e. The van der Waals surface area contributed by atoms with Crippen molar-refractivity contribution < 1.29 is 9.35 Å². The van der Waals surface area contributed by atoms with E-state index < -0.39 is 11.4 Å². The molecule has 1 aliphatic carbocycles. The number of rotatable bonds is 2. The van der Waals surface area contributed by atoms with Gasteiger partial charge in [0.25, 0.3) is 0 Å².